The van der Waals surface area contributed by atoms with Crippen molar-refractivity contribution in [2.45, 2.75) is 19.0 Å². The second-order valence-electron chi connectivity index (χ2n) is 8.81. The number of aryl methyl sites for hydroxylation is 1. The van der Waals surface area contributed by atoms with E-state index in [0.717, 1.165) is 22.5 Å². The molecule has 1 aliphatic rings. The van der Waals surface area contributed by atoms with Gasteiger partial charge in [-0.25, -0.2) is 0 Å². The predicted molar refractivity (Wildman–Crippen MR) is 154 cm³/mol. The molecule has 5 rings (SSSR count). The molecule has 194 valence electrons. The lowest BCUT2D eigenvalue weighted by molar-refractivity contribution is -0.119. The Labute approximate surface area is 235 Å². The van der Waals surface area contributed by atoms with Gasteiger partial charge in [-0.15, -0.1) is 0 Å². The van der Waals surface area contributed by atoms with Crippen LogP contribution in [0.15, 0.2) is 77.3 Å². The van der Waals surface area contributed by atoms with Crippen LogP contribution in [0, 0.1) is 6.92 Å². The minimum absolute atomic E-state index is 0.0704. The summed E-state index contributed by atoms with van der Waals surface area (Å²) in [6.45, 7) is 1.89. The van der Waals surface area contributed by atoms with E-state index in [4.69, 9.17) is 44.6 Å². The van der Waals surface area contributed by atoms with Crippen LogP contribution >= 0.6 is 35.4 Å². The normalized spacial score (nSPS) is 16.9. The van der Waals surface area contributed by atoms with E-state index >= 15 is 0 Å². The third-order valence-corrected chi connectivity index (χ3v) is 7.29. The molecule has 38 heavy (non-hydrogen) atoms. The zero-order valence-electron chi connectivity index (χ0n) is 20.6. The highest BCUT2D eigenvalue weighted by Gasteiger charge is 2.42. The number of methoxy groups -OCH3 is 1. The number of pyridine rings is 1. The molecule has 10 heteroatoms. The topological polar surface area (TPSA) is 79.6 Å². The molecule has 3 heterocycles. The molecule has 0 spiro atoms. The predicted octanol–water partition coefficient (Wildman–Crippen LogP) is 6.72. The number of anilines is 2. The summed E-state index contributed by atoms with van der Waals surface area (Å²) in [5.41, 5.74) is 3.89. The SMILES string of the molecule is COCC(=O)Nc1ccc(N2C(=S)N[C@@H](c3ccccn3)[C@H]2c2ccc(-c3ccc(C)c(Cl)c3)o2)cc1Cl. The summed E-state index contributed by atoms with van der Waals surface area (Å²) in [6.07, 6.45) is 1.75. The molecule has 2 atom stereocenters. The molecule has 1 saturated heterocycles. The number of nitrogens with zero attached hydrogens (tertiary/aromatic N) is 2. The Morgan fingerprint density at radius 3 is 2.68 bits per heavy atom. The Bertz CT molecular complexity index is 1490. The van der Waals surface area contributed by atoms with E-state index in [1.807, 2.05) is 66.4 Å². The van der Waals surface area contributed by atoms with E-state index in [-0.39, 0.29) is 24.6 Å². The van der Waals surface area contributed by atoms with Crippen molar-refractivity contribution in [2.75, 3.05) is 23.9 Å². The molecule has 2 aromatic heterocycles. The van der Waals surface area contributed by atoms with Crippen molar-refractivity contribution in [3.05, 3.63) is 100.0 Å². The molecule has 0 saturated carbocycles. The maximum Gasteiger partial charge on any atom is 0.250 e. The molecular weight excluding hydrogens is 543 g/mol. The van der Waals surface area contributed by atoms with Gasteiger partial charge in [-0.1, -0.05) is 41.4 Å². The van der Waals surface area contributed by atoms with Crippen molar-refractivity contribution in [1.82, 2.24) is 10.3 Å². The Hall–Kier alpha value is -3.43. The number of hydrogen-bond acceptors (Lipinski definition) is 5. The van der Waals surface area contributed by atoms with E-state index in [0.29, 0.717) is 32.4 Å². The van der Waals surface area contributed by atoms with Gasteiger partial charge < -0.3 is 24.7 Å². The molecule has 1 fully saturated rings. The Balaban J connectivity index is 1.54. The van der Waals surface area contributed by atoms with Crippen LogP contribution in [0.2, 0.25) is 10.0 Å². The van der Waals surface area contributed by atoms with Crippen LogP contribution in [0.5, 0.6) is 0 Å². The summed E-state index contributed by atoms with van der Waals surface area (Å²) in [4.78, 5) is 18.5. The van der Waals surface area contributed by atoms with Gasteiger partial charge in [0.25, 0.3) is 0 Å². The molecule has 2 aromatic carbocycles. The average molecular weight is 567 g/mol. The molecule has 2 N–H and O–H groups in total. The summed E-state index contributed by atoms with van der Waals surface area (Å²) >= 11 is 18.7. The molecular formula is C28H24Cl2N4O3S. The highest BCUT2D eigenvalue weighted by molar-refractivity contribution is 7.80. The van der Waals surface area contributed by atoms with Crippen LogP contribution in [-0.2, 0) is 9.53 Å². The number of hydrogen-bond donors (Lipinski definition) is 2. The number of thiocarbonyl (C=S) groups is 1. The van der Waals surface area contributed by atoms with Crippen molar-refractivity contribution >= 4 is 57.8 Å². The first kappa shape index (κ1) is 26.2. The summed E-state index contributed by atoms with van der Waals surface area (Å²) in [5.74, 6) is 1.08. The Morgan fingerprint density at radius 2 is 1.97 bits per heavy atom. The number of benzene rings is 2. The van der Waals surface area contributed by atoms with Crippen molar-refractivity contribution < 1.29 is 13.9 Å². The molecule has 0 bridgehead atoms. The number of amides is 1. The fraction of sp³-hybridized carbons (Fsp3) is 0.179. The van der Waals surface area contributed by atoms with Gasteiger partial charge in [0.15, 0.2) is 5.11 Å². The van der Waals surface area contributed by atoms with E-state index < -0.39 is 0 Å². The van der Waals surface area contributed by atoms with Gasteiger partial charge >= 0.3 is 0 Å². The lowest BCUT2D eigenvalue weighted by Gasteiger charge is -2.26. The fourth-order valence-corrected chi connectivity index (χ4v) is 5.16. The number of carbonyl (C=O) groups is 1. The van der Waals surface area contributed by atoms with Gasteiger partial charge in [-0.3, -0.25) is 9.78 Å². The minimum atomic E-state index is -0.364. The van der Waals surface area contributed by atoms with Crippen LogP contribution in [0.25, 0.3) is 11.3 Å². The van der Waals surface area contributed by atoms with Gasteiger partial charge in [0.2, 0.25) is 5.91 Å². The van der Waals surface area contributed by atoms with E-state index in [9.17, 15) is 4.79 Å². The van der Waals surface area contributed by atoms with Crippen LogP contribution in [-0.4, -0.2) is 29.7 Å². The van der Waals surface area contributed by atoms with Gasteiger partial charge in [0.1, 0.15) is 24.2 Å². The third-order valence-electron chi connectivity index (χ3n) is 6.25. The van der Waals surface area contributed by atoms with E-state index in [1.165, 1.54) is 7.11 Å². The van der Waals surface area contributed by atoms with Crippen molar-refractivity contribution in [2.24, 2.45) is 0 Å². The lowest BCUT2D eigenvalue weighted by atomic mass is 10.0. The van der Waals surface area contributed by atoms with Gasteiger partial charge in [-0.05, 0) is 73.2 Å². The molecule has 0 unspecified atom stereocenters. The summed E-state index contributed by atoms with van der Waals surface area (Å²) in [7, 11) is 1.46. The van der Waals surface area contributed by atoms with Gasteiger partial charge in [0, 0.05) is 29.6 Å². The number of nitrogens with one attached hydrogen (secondary N) is 2. The molecule has 7 nitrogen and oxygen atoms in total. The zero-order valence-corrected chi connectivity index (χ0v) is 22.9. The molecule has 1 amide bonds. The Morgan fingerprint density at radius 1 is 1.13 bits per heavy atom. The molecule has 0 radical (unpaired) electrons. The molecule has 1 aliphatic heterocycles. The smallest absolute Gasteiger partial charge is 0.250 e. The highest BCUT2D eigenvalue weighted by atomic mass is 35.5. The summed E-state index contributed by atoms with van der Waals surface area (Å²) in [6, 6.07) is 20.1. The fourth-order valence-electron chi connectivity index (χ4n) is 4.41. The molecule has 4 aromatic rings. The number of carbonyl (C=O) groups excluding carboxylic acids is 1. The van der Waals surface area contributed by atoms with Crippen LogP contribution in [0.3, 0.4) is 0 Å². The summed E-state index contributed by atoms with van der Waals surface area (Å²) < 4.78 is 11.3. The van der Waals surface area contributed by atoms with Crippen molar-refractivity contribution in [3.63, 3.8) is 0 Å². The third kappa shape index (κ3) is 5.26. The van der Waals surface area contributed by atoms with Crippen LogP contribution in [0.4, 0.5) is 11.4 Å². The number of rotatable bonds is 7. The summed E-state index contributed by atoms with van der Waals surface area (Å²) in [5, 5.41) is 7.68. The number of ether oxygens (including phenoxy) is 1. The van der Waals surface area contributed by atoms with Gasteiger partial charge in [-0.2, -0.15) is 0 Å². The second-order valence-corrected chi connectivity index (χ2v) is 10.0. The minimum Gasteiger partial charge on any atom is -0.459 e. The number of furan rings is 1. The largest absolute Gasteiger partial charge is 0.459 e. The maximum atomic E-state index is 12.0. The van der Waals surface area contributed by atoms with Crippen LogP contribution < -0.4 is 15.5 Å². The van der Waals surface area contributed by atoms with E-state index in [1.54, 1.807) is 18.3 Å². The van der Waals surface area contributed by atoms with Crippen LogP contribution in [0.1, 0.15) is 29.1 Å². The zero-order chi connectivity index (χ0) is 26.8. The average Bonchev–Trinajstić information content (AvgIpc) is 3.52. The first-order valence-electron chi connectivity index (χ1n) is 11.8. The number of aromatic nitrogens is 1. The monoisotopic (exact) mass is 566 g/mol. The number of halogens is 2. The Kier molecular flexibility index (Phi) is 7.67. The quantitative estimate of drug-likeness (QED) is 0.240. The van der Waals surface area contributed by atoms with Crippen molar-refractivity contribution in [3.8, 4) is 11.3 Å². The second kappa shape index (κ2) is 11.1. The standard InChI is InChI=1S/C28H24Cl2N4O3S/c1-16-6-7-17(13-19(16)29)23-10-11-24(37-23)27-26(22-5-3-4-12-31-22)33-28(38)34(27)18-8-9-21(20(30)14-18)32-25(35)15-36-2/h3-14,26-27H,15H2,1-2H3,(H,32,35)(H,33,38)/t26-,27+/m0/s1. The van der Waals surface area contributed by atoms with Gasteiger partial charge in [0.05, 0.1) is 22.4 Å². The molecule has 0 aliphatic carbocycles. The van der Waals surface area contributed by atoms with Crippen molar-refractivity contribution in [1.29, 1.82) is 0 Å². The maximum absolute atomic E-state index is 12.0. The first-order valence-corrected chi connectivity index (χ1v) is 13.0. The van der Waals surface area contributed by atoms with E-state index in [2.05, 4.69) is 15.6 Å². The highest BCUT2D eigenvalue weighted by Crippen LogP contribution is 2.44. The first-order chi connectivity index (χ1) is 18.4. The lowest BCUT2D eigenvalue weighted by Crippen LogP contribution is -2.29.